The first kappa shape index (κ1) is 22.3. The number of methoxy groups -OCH3 is 3. The third kappa shape index (κ3) is 5.03. The molecule has 1 aliphatic heterocycles. The molecule has 1 N–H and O–H groups in total. The molecule has 2 aromatic carbocycles. The lowest BCUT2D eigenvalue weighted by Crippen LogP contribution is -2.12. The molecule has 0 bridgehead atoms. The molecule has 2 aromatic rings. The molecule has 0 amide bonds. The zero-order chi connectivity index (χ0) is 22.4. The minimum absolute atomic E-state index is 0.0128. The van der Waals surface area contributed by atoms with E-state index in [0.29, 0.717) is 32.9 Å². The molecule has 7 nitrogen and oxygen atoms in total. The van der Waals surface area contributed by atoms with Gasteiger partial charge in [0.25, 0.3) is 0 Å². The summed E-state index contributed by atoms with van der Waals surface area (Å²) in [5, 5.41) is 11.2. The van der Waals surface area contributed by atoms with Gasteiger partial charge < -0.3 is 24.1 Å². The maximum Gasteiger partial charge on any atom is 0.344 e. The Hall–Kier alpha value is -3.39. The fraction of sp³-hybridized carbons (Fsp3) is 0.217. The summed E-state index contributed by atoms with van der Waals surface area (Å²) in [5.74, 6) is 0.914. The van der Waals surface area contributed by atoms with Crippen LogP contribution >= 0.6 is 11.8 Å². The Morgan fingerprint density at radius 1 is 1.06 bits per heavy atom. The normalized spacial score (nSPS) is 16.0. The summed E-state index contributed by atoms with van der Waals surface area (Å²) in [6.07, 6.45) is 1.73. The van der Waals surface area contributed by atoms with Crippen LogP contribution < -0.4 is 14.2 Å². The van der Waals surface area contributed by atoms with E-state index >= 15 is 0 Å². The Kier molecular flexibility index (Phi) is 7.25. The summed E-state index contributed by atoms with van der Waals surface area (Å²) in [7, 11) is 4.66. The van der Waals surface area contributed by atoms with E-state index in [1.807, 2.05) is 12.1 Å². The topological polar surface area (TPSA) is 86.6 Å². The molecule has 0 atom stereocenters. The van der Waals surface area contributed by atoms with Gasteiger partial charge in [0.05, 0.1) is 32.8 Å². The Morgan fingerprint density at radius 2 is 1.74 bits per heavy atom. The van der Waals surface area contributed by atoms with E-state index in [-0.39, 0.29) is 17.9 Å². The van der Waals surface area contributed by atoms with Crippen LogP contribution in [-0.4, -0.2) is 44.1 Å². The minimum atomic E-state index is -0.646. The highest BCUT2D eigenvalue weighted by molar-refractivity contribution is 8.18. The van der Waals surface area contributed by atoms with Crippen molar-refractivity contribution >= 4 is 34.5 Å². The van der Waals surface area contributed by atoms with E-state index in [4.69, 9.17) is 18.9 Å². The molecule has 0 aliphatic carbocycles. The Morgan fingerprint density at radius 3 is 2.35 bits per heavy atom. The van der Waals surface area contributed by atoms with Crippen molar-refractivity contribution in [2.24, 2.45) is 4.99 Å². The van der Waals surface area contributed by atoms with E-state index in [0.717, 1.165) is 5.56 Å². The van der Waals surface area contributed by atoms with Crippen LogP contribution in [0.1, 0.15) is 12.5 Å². The number of aliphatic imine (C=N–C) groups is 1. The maximum atomic E-state index is 12.6. The first-order valence-electron chi connectivity index (χ1n) is 9.46. The zero-order valence-electron chi connectivity index (χ0n) is 17.7. The molecule has 3 rings (SSSR count). The highest BCUT2D eigenvalue weighted by Gasteiger charge is 2.33. The fourth-order valence-corrected chi connectivity index (χ4v) is 3.92. The molecular weight excluding hydrogens is 418 g/mol. The summed E-state index contributed by atoms with van der Waals surface area (Å²) in [6, 6.07) is 12.5. The van der Waals surface area contributed by atoms with Crippen molar-refractivity contribution in [1.29, 1.82) is 0 Å². The predicted molar refractivity (Wildman–Crippen MR) is 121 cm³/mol. The largest absolute Gasteiger partial charge is 0.506 e. The van der Waals surface area contributed by atoms with Gasteiger partial charge in [0.1, 0.15) is 39.3 Å². The molecule has 31 heavy (non-hydrogen) atoms. The van der Waals surface area contributed by atoms with Crippen LogP contribution in [0.25, 0.3) is 6.08 Å². The minimum Gasteiger partial charge on any atom is -0.506 e. The van der Waals surface area contributed by atoms with Crippen LogP contribution in [0.4, 0.5) is 5.69 Å². The van der Waals surface area contributed by atoms with Crippen LogP contribution in [0.2, 0.25) is 0 Å². The molecule has 0 fully saturated rings. The second-order valence-electron chi connectivity index (χ2n) is 6.29. The van der Waals surface area contributed by atoms with Crippen LogP contribution in [0.15, 0.2) is 63.7 Å². The number of thioether (sulfide) groups is 1. The second-order valence-corrected chi connectivity index (χ2v) is 7.32. The van der Waals surface area contributed by atoms with Crippen LogP contribution in [0.3, 0.4) is 0 Å². The van der Waals surface area contributed by atoms with Gasteiger partial charge in [0.2, 0.25) is 0 Å². The Balaban J connectivity index is 2.09. The number of rotatable bonds is 7. The fourth-order valence-electron chi connectivity index (χ4n) is 2.89. The molecule has 162 valence electrons. The summed E-state index contributed by atoms with van der Waals surface area (Å²) in [5.41, 5.74) is 1.28. The number of aliphatic hydroxyl groups excluding tert-OH is 1. The number of nitrogens with zero attached hydrogens (tertiary/aromatic N) is 1. The van der Waals surface area contributed by atoms with E-state index in [1.54, 1.807) is 64.7 Å². The van der Waals surface area contributed by atoms with Gasteiger partial charge in [-0.2, -0.15) is 0 Å². The number of carbonyl (C=O) groups is 1. The van der Waals surface area contributed by atoms with Crippen LogP contribution in [0, 0.1) is 0 Å². The SMILES string of the molecule is CCOC(=O)C1=C(O)/C(=C\c2cc(OC)cc(OC)c2)SC1=Nc1ccccc1OC. The van der Waals surface area contributed by atoms with E-state index in [2.05, 4.69) is 4.99 Å². The quantitative estimate of drug-likeness (QED) is 0.611. The highest BCUT2D eigenvalue weighted by Crippen LogP contribution is 2.41. The number of para-hydroxylation sites is 2. The summed E-state index contributed by atoms with van der Waals surface area (Å²) in [4.78, 5) is 17.6. The van der Waals surface area contributed by atoms with Crippen molar-refractivity contribution in [3.05, 3.63) is 64.3 Å². The third-order valence-electron chi connectivity index (χ3n) is 4.35. The zero-order valence-corrected chi connectivity index (χ0v) is 18.5. The number of benzene rings is 2. The summed E-state index contributed by atoms with van der Waals surface area (Å²) >= 11 is 1.17. The van der Waals surface area contributed by atoms with E-state index in [1.165, 1.54) is 11.8 Å². The number of ether oxygens (including phenoxy) is 4. The number of hydrogen-bond donors (Lipinski definition) is 1. The summed E-state index contributed by atoms with van der Waals surface area (Å²) in [6.45, 7) is 1.88. The van der Waals surface area contributed by atoms with Crippen molar-refractivity contribution in [3.8, 4) is 17.2 Å². The predicted octanol–water partition coefficient (Wildman–Crippen LogP) is 4.91. The molecule has 8 heteroatoms. The van der Waals surface area contributed by atoms with E-state index < -0.39 is 5.97 Å². The second kappa shape index (κ2) is 10.1. The molecular formula is C23H23NO6S. The maximum absolute atomic E-state index is 12.6. The van der Waals surface area contributed by atoms with Crippen LogP contribution in [0.5, 0.6) is 17.2 Å². The number of esters is 1. The first-order chi connectivity index (χ1) is 15.0. The smallest absolute Gasteiger partial charge is 0.344 e. The van der Waals surface area contributed by atoms with Gasteiger partial charge in [0, 0.05) is 6.07 Å². The Bertz CT molecular complexity index is 1050. The monoisotopic (exact) mass is 441 g/mol. The molecule has 0 aromatic heterocycles. The highest BCUT2D eigenvalue weighted by atomic mass is 32.2. The number of carbonyl (C=O) groups excluding carboxylic acids is 1. The lowest BCUT2D eigenvalue weighted by Gasteiger charge is -2.07. The molecule has 0 saturated heterocycles. The van der Waals surface area contributed by atoms with Crippen molar-refractivity contribution in [3.63, 3.8) is 0 Å². The standard InChI is InChI=1S/C23H23NO6S/c1-5-30-23(26)20-21(25)19(12-14-10-15(27-2)13-16(11-14)28-3)31-22(20)24-17-8-6-7-9-18(17)29-4/h6-13,25H,5H2,1-4H3/b19-12+,24-22?. The Labute approximate surface area is 185 Å². The number of hydrogen-bond acceptors (Lipinski definition) is 8. The van der Waals surface area contributed by atoms with Gasteiger partial charge in [-0.05, 0) is 42.8 Å². The van der Waals surface area contributed by atoms with Gasteiger partial charge in [-0.25, -0.2) is 9.79 Å². The molecule has 1 heterocycles. The molecule has 0 saturated carbocycles. The van der Waals surface area contributed by atoms with E-state index in [9.17, 15) is 9.90 Å². The van der Waals surface area contributed by atoms with Crippen molar-refractivity contribution in [1.82, 2.24) is 0 Å². The van der Waals surface area contributed by atoms with Gasteiger partial charge in [-0.3, -0.25) is 0 Å². The van der Waals surface area contributed by atoms with Gasteiger partial charge in [-0.1, -0.05) is 23.9 Å². The lowest BCUT2D eigenvalue weighted by atomic mass is 10.1. The lowest BCUT2D eigenvalue weighted by molar-refractivity contribution is -0.138. The van der Waals surface area contributed by atoms with Crippen LogP contribution in [-0.2, 0) is 9.53 Å². The average Bonchev–Trinajstić information content (AvgIpc) is 3.08. The van der Waals surface area contributed by atoms with Crippen molar-refractivity contribution in [2.45, 2.75) is 6.92 Å². The van der Waals surface area contributed by atoms with Gasteiger partial charge >= 0.3 is 5.97 Å². The van der Waals surface area contributed by atoms with Gasteiger partial charge in [0.15, 0.2) is 0 Å². The van der Waals surface area contributed by atoms with Gasteiger partial charge in [-0.15, -0.1) is 0 Å². The molecule has 0 radical (unpaired) electrons. The summed E-state index contributed by atoms with van der Waals surface area (Å²) < 4.78 is 21.1. The van der Waals surface area contributed by atoms with Crippen molar-refractivity contribution < 1.29 is 28.8 Å². The number of aliphatic hydroxyl groups is 1. The average molecular weight is 442 g/mol. The molecule has 0 unspecified atom stereocenters. The first-order valence-corrected chi connectivity index (χ1v) is 10.3. The van der Waals surface area contributed by atoms with Crippen molar-refractivity contribution in [2.75, 3.05) is 27.9 Å². The molecule has 1 aliphatic rings. The molecule has 0 spiro atoms. The third-order valence-corrected chi connectivity index (χ3v) is 5.37.